The minimum atomic E-state index is -1.02. The first-order valence-corrected chi connectivity index (χ1v) is 6.31. The Bertz CT molecular complexity index is 622. The molecule has 0 unspecified atom stereocenters. The second-order valence-corrected chi connectivity index (χ2v) is 5.59. The quantitative estimate of drug-likeness (QED) is 0.901. The van der Waals surface area contributed by atoms with Gasteiger partial charge in [0, 0.05) is 11.0 Å². The lowest BCUT2D eigenvalue weighted by atomic mass is 9.91. The summed E-state index contributed by atoms with van der Waals surface area (Å²) >= 11 is 0. The molecule has 1 aromatic heterocycles. The Labute approximate surface area is 117 Å². The third kappa shape index (κ3) is 2.66. The maximum atomic E-state index is 11.3. The molecule has 0 bridgehead atoms. The standard InChI is InChI=1S/C15H18N2O3/c1-15(2,3)12-11(14(18)19)16-13(17-12)9-5-7-10(20-4)8-6-9/h5-8H,1-4H3,(H,16,17)(H,18,19). The Kier molecular flexibility index (Phi) is 3.53. The molecule has 2 N–H and O–H groups in total. The van der Waals surface area contributed by atoms with Gasteiger partial charge in [0.15, 0.2) is 5.69 Å². The van der Waals surface area contributed by atoms with Crippen LogP contribution in [-0.4, -0.2) is 28.2 Å². The first kappa shape index (κ1) is 14.1. The highest BCUT2D eigenvalue weighted by Gasteiger charge is 2.26. The van der Waals surface area contributed by atoms with Crippen molar-refractivity contribution >= 4 is 5.97 Å². The monoisotopic (exact) mass is 274 g/mol. The number of aromatic amines is 1. The number of aromatic carboxylic acids is 1. The number of carboxylic acids is 1. The van der Waals surface area contributed by atoms with Crippen molar-refractivity contribution < 1.29 is 14.6 Å². The lowest BCUT2D eigenvalue weighted by Gasteiger charge is -2.16. The van der Waals surface area contributed by atoms with E-state index in [2.05, 4.69) is 9.97 Å². The van der Waals surface area contributed by atoms with Gasteiger partial charge in [0.25, 0.3) is 0 Å². The number of imidazole rings is 1. The molecule has 20 heavy (non-hydrogen) atoms. The highest BCUT2D eigenvalue weighted by atomic mass is 16.5. The fourth-order valence-corrected chi connectivity index (χ4v) is 1.96. The van der Waals surface area contributed by atoms with Gasteiger partial charge in [0.2, 0.25) is 0 Å². The SMILES string of the molecule is COc1ccc(-c2nc(C(=O)O)c(C(C)(C)C)[nH]2)cc1. The van der Waals surface area contributed by atoms with E-state index in [1.54, 1.807) is 7.11 Å². The lowest BCUT2D eigenvalue weighted by Crippen LogP contribution is -2.16. The maximum Gasteiger partial charge on any atom is 0.356 e. The zero-order valence-electron chi connectivity index (χ0n) is 12.0. The Hall–Kier alpha value is -2.30. The predicted octanol–water partition coefficient (Wildman–Crippen LogP) is 3.08. The van der Waals surface area contributed by atoms with E-state index in [0.717, 1.165) is 11.3 Å². The molecule has 1 heterocycles. The number of nitrogens with one attached hydrogen (secondary N) is 1. The van der Waals surface area contributed by atoms with Crippen LogP contribution in [0.2, 0.25) is 0 Å². The molecular formula is C15H18N2O3. The van der Waals surface area contributed by atoms with E-state index >= 15 is 0 Å². The number of ether oxygens (including phenoxy) is 1. The molecule has 0 radical (unpaired) electrons. The predicted molar refractivity (Wildman–Crippen MR) is 76.2 cm³/mol. The third-order valence-corrected chi connectivity index (χ3v) is 3.02. The van der Waals surface area contributed by atoms with Crippen LogP contribution >= 0.6 is 0 Å². The number of aromatic nitrogens is 2. The van der Waals surface area contributed by atoms with Gasteiger partial charge < -0.3 is 14.8 Å². The number of methoxy groups -OCH3 is 1. The lowest BCUT2D eigenvalue weighted by molar-refractivity contribution is 0.0688. The maximum absolute atomic E-state index is 11.3. The number of carbonyl (C=O) groups is 1. The molecule has 2 rings (SSSR count). The summed E-state index contributed by atoms with van der Waals surface area (Å²) < 4.78 is 5.10. The third-order valence-electron chi connectivity index (χ3n) is 3.02. The van der Waals surface area contributed by atoms with E-state index in [-0.39, 0.29) is 11.1 Å². The second kappa shape index (κ2) is 5.00. The van der Waals surface area contributed by atoms with Crippen LogP contribution in [-0.2, 0) is 5.41 Å². The van der Waals surface area contributed by atoms with Crippen LogP contribution in [0.3, 0.4) is 0 Å². The van der Waals surface area contributed by atoms with Gasteiger partial charge in [-0.05, 0) is 24.3 Å². The smallest absolute Gasteiger partial charge is 0.356 e. The molecular weight excluding hydrogens is 256 g/mol. The number of hydrogen-bond donors (Lipinski definition) is 2. The van der Waals surface area contributed by atoms with Crippen LogP contribution in [0.15, 0.2) is 24.3 Å². The van der Waals surface area contributed by atoms with Crippen LogP contribution in [0, 0.1) is 0 Å². The minimum Gasteiger partial charge on any atom is -0.497 e. The summed E-state index contributed by atoms with van der Waals surface area (Å²) in [4.78, 5) is 18.6. The number of H-pyrrole nitrogens is 1. The molecule has 0 saturated carbocycles. The first-order valence-electron chi connectivity index (χ1n) is 6.31. The van der Waals surface area contributed by atoms with Crippen molar-refractivity contribution in [3.63, 3.8) is 0 Å². The summed E-state index contributed by atoms with van der Waals surface area (Å²) in [6.07, 6.45) is 0. The summed E-state index contributed by atoms with van der Waals surface area (Å²) in [5.74, 6) is 0.274. The van der Waals surface area contributed by atoms with E-state index < -0.39 is 5.97 Å². The topological polar surface area (TPSA) is 75.2 Å². The molecule has 5 heteroatoms. The average molecular weight is 274 g/mol. The molecule has 0 fully saturated rings. The summed E-state index contributed by atoms with van der Waals surface area (Å²) in [6, 6.07) is 7.32. The molecule has 0 aliphatic carbocycles. The second-order valence-electron chi connectivity index (χ2n) is 5.59. The van der Waals surface area contributed by atoms with E-state index in [1.807, 2.05) is 45.0 Å². The van der Waals surface area contributed by atoms with Gasteiger partial charge in [0.05, 0.1) is 12.8 Å². The van der Waals surface area contributed by atoms with Gasteiger partial charge in [-0.1, -0.05) is 20.8 Å². The molecule has 0 spiro atoms. The Morgan fingerprint density at radius 2 is 1.85 bits per heavy atom. The molecule has 5 nitrogen and oxygen atoms in total. The van der Waals surface area contributed by atoms with Crippen LogP contribution in [0.25, 0.3) is 11.4 Å². The molecule has 0 atom stereocenters. The van der Waals surface area contributed by atoms with Gasteiger partial charge in [0.1, 0.15) is 11.6 Å². The van der Waals surface area contributed by atoms with Crippen molar-refractivity contribution in [2.24, 2.45) is 0 Å². The molecule has 0 amide bonds. The number of carboxylic acid groups (broad SMARTS) is 1. The van der Waals surface area contributed by atoms with Crippen molar-refractivity contribution in [1.82, 2.24) is 9.97 Å². The molecule has 1 aromatic carbocycles. The van der Waals surface area contributed by atoms with E-state index in [9.17, 15) is 9.90 Å². The van der Waals surface area contributed by atoms with E-state index in [4.69, 9.17) is 4.74 Å². The molecule has 106 valence electrons. The summed E-state index contributed by atoms with van der Waals surface area (Å²) in [7, 11) is 1.60. The fourth-order valence-electron chi connectivity index (χ4n) is 1.96. The normalized spacial score (nSPS) is 11.4. The largest absolute Gasteiger partial charge is 0.497 e. The van der Waals surface area contributed by atoms with Crippen LogP contribution in [0.5, 0.6) is 5.75 Å². The number of rotatable bonds is 3. The highest BCUT2D eigenvalue weighted by molar-refractivity contribution is 5.88. The van der Waals surface area contributed by atoms with Crippen LogP contribution in [0.1, 0.15) is 37.0 Å². The molecule has 2 aromatic rings. The van der Waals surface area contributed by atoms with Crippen molar-refractivity contribution in [1.29, 1.82) is 0 Å². The number of benzene rings is 1. The molecule has 0 aliphatic heterocycles. The highest BCUT2D eigenvalue weighted by Crippen LogP contribution is 2.28. The van der Waals surface area contributed by atoms with E-state index in [1.165, 1.54) is 0 Å². The fraction of sp³-hybridized carbons (Fsp3) is 0.333. The minimum absolute atomic E-state index is 0.0725. The summed E-state index contributed by atoms with van der Waals surface area (Å²) in [5.41, 5.74) is 1.20. The molecule has 0 aliphatic rings. The zero-order chi connectivity index (χ0) is 14.9. The van der Waals surface area contributed by atoms with Crippen molar-refractivity contribution in [3.8, 4) is 17.1 Å². The first-order chi connectivity index (χ1) is 9.32. The average Bonchev–Trinajstić information content (AvgIpc) is 2.84. The van der Waals surface area contributed by atoms with Crippen LogP contribution < -0.4 is 4.74 Å². The van der Waals surface area contributed by atoms with Crippen molar-refractivity contribution in [2.45, 2.75) is 26.2 Å². The Morgan fingerprint density at radius 1 is 1.25 bits per heavy atom. The van der Waals surface area contributed by atoms with Gasteiger partial charge in [-0.3, -0.25) is 0 Å². The number of nitrogens with zero attached hydrogens (tertiary/aromatic N) is 1. The van der Waals surface area contributed by atoms with Crippen LogP contribution in [0.4, 0.5) is 0 Å². The van der Waals surface area contributed by atoms with Crippen molar-refractivity contribution in [2.75, 3.05) is 7.11 Å². The Morgan fingerprint density at radius 3 is 2.25 bits per heavy atom. The van der Waals surface area contributed by atoms with Gasteiger partial charge >= 0.3 is 5.97 Å². The van der Waals surface area contributed by atoms with Crippen molar-refractivity contribution in [3.05, 3.63) is 35.7 Å². The molecule has 0 saturated heterocycles. The summed E-state index contributed by atoms with van der Waals surface area (Å²) in [5, 5.41) is 9.27. The zero-order valence-corrected chi connectivity index (χ0v) is 12.0. The number of hydrogen-bond acceptors (Lipinski definition) is 3. The Balaban J connectivity index is 2.50. The van der Waals surface area contributed by atoms with Gasteiger partial charge in [-0.2, -0.15) is 0 Å². The van der Waals surface area contributed by atoms with Gasteiger partial charge in [-0.25, -0.2) is 9.78 Å². The van der Waals surface area contributed by atoms with E-state index in [0.29, 0.717) is 11.5 Å². The summed E-state index contributed by atoms with van der Waals surface area (Å²) in [6.45, 7) is 5.85. The van der Waals surface area contributed by atoms with Gasteiger partial charge in [-0.15, -0.1) is 0 Å².